The maximum atomic E-state index is 13.1. The molecule has 0 spiro atoms. The number of hydrogen-bond acceptors (Lipinski definition) is 5. The standard InChI is InChI=1S/C23H31FN4O3S/c1-16-6-12-21(13-7-16)32(30,31)27-17(2)23(29)28(3)14-4-5-20-15-22(26-25-20)18-8-10-19(24)11-9-18/h6-13,17,20,22,25-27H,4-5,14-15H2,1-3H3. The second-order valence-corrected chi connectivity index (χ2v) is 10.1. The molecular formula is C23H31FN4O3S. The number of sulfonamides is 1. The smallest absolute Gasteiger partial charge is 0.241 e. The molecule has 3 atom stereocenters. The second kappa shape index (κ2) is 10.5. The van der Waals surface area contributed by atoms with E-state index in [1.807, 2.05) is 6.92 Å². The quantitative estimate of drug-likeness (QED) is 0.533. The molecule has 2 aromatic carbocycles. The fourth-order valence-electron chi connectivity index (χ4n) is 3.81. The van der Waals surface area contributed by atoms with Gasteiger partial charge in [0.25, 0.3) is 0 Å². The van der Waals surface area contributed by atoms with Gasteiger partial charge < -0.3 is 4.90 Å². The Morgan fingerprint density at radius 2 is 1.81 bits per heavy atom. The van der Waals surface area contributed by atoms with Gasteiger partial charge in [0.15, 0.2) is 0 Å². The average Bonchev–Trinajstić information content (AvgIpc) is 3.22. The highest BCUT2D eigenvalue weighted by Crippen LogP contribution is 2.24. The Labute approximate surface area is 189 Å². The van der Waals surface area contributed by atoms with Gasteiger partial charge in [0.05, 0.1) is 10.9 Å². The van der Waals surface area contributed by atoms with Crippen LogP contribution < -0.4 is 15.6 Å². The number of hydrazine groups is 1. The second-order valence-electron chi connectivity index (χ2n) is 8.38. The molecule has 0 saturated carbocycles. The van der Waals surface area contributed by atoms with Crippen molar-refractivity contribution >= 4 is 15.9 Å². The van der Waals surface area contributed by atoms with Crippen molar-refractivity contribution in [3.8, 4) is 0 Å². The Morgan fingerprint density at radius 1 is 1.16 bits per heavy atom. The largest absolute Gasteiger partial charge is 0.344 e. The highest BCUT2D eigenvalue weighted by molar-refractivity contribution is 7.89. The molecule has 0 aliphatic carbocycles. The van der Waals surface area contributed by atoms with Gasteiger partial charge in [-0.3, -0.25) is 15.6 Å². The van der Waals surface area contributed by atoms with E-state index in [9.17, 15) is 17.6 Å². The SMILES string of the molecule is Cc1ccc(S(=O)(=O)NC(C)C(=O)N(C)CCCC2CC(c3ccc(F)cc3)NN2)cc1. The molecule has 9 heteroatoms. The third-order valence-corrected chi connectivity index (χ3v) is 7.27. The molecule has 0 bridgehead atoms. The molecule has 1 fully saturated rings. The van der Waals surface area contributed by atoms with Crippen LogP contribution in [0.3, 0.4) is 0 Å². The maximum absolute atomic E-state index is 13.1. The Bertz CT molecular complexity index is 1010. The number of hydrogen-bond donors (Lipinski definition) is 3. The van der Waals surface area contributed by atoms with E-state index in [2.05, 4.69) is 15.6 Å². The molecule has 3 rings (SSSR count). The minimum absolute atomic E-state index is 0.121. The van der Waals surface area contributed by atoms with E-state index in [0.717, 1.165) is 30.4 Å². The number of nitrogens with one attached hydrogen (secondary N) is 3. The Morgan fingerprint density at radius 3 is 2.47 bits per heavy atom. The molecule has 7 nitrogen and oxygen atoms in total. The topological polar surface area (TPSA) is 90.5 Å². The zero-order valence-electron chi connectivity index (χ0n) is 18.6. The fraction of sp³-hybridized carbons (Fsp3) is 0.435. The summed E-state index contributed by atoms with van der Waals surface area (Å²) < 4.78 is 40.6. The summed E-state index contributed by atoms with van der Waals surface area (Å²) >= 11 is 0. The minimum atomic E-state index is -3.76. The maximum Gasteiger partial charge on any atom is 0.241 e. The highest BCUT2D eigenvalue weighted by Gasteiger charge is 2.26. The molecule has 0 radical (unpaired) electrons. The van der Waals surface area contributed by atoms with Crippen LogP contribution in [-0.2, 0) is 14.8 Å². The van der Waals surface area contributed by atoms with Crippen LogP contribution in [0.5, 0.6) is 0 Å². The third kappa shape index (κ3) is 6.35. The number of rotatable bonds is 9. The van der Waals surface area contributed by atoms with E-state index in [0.29, 0.717) is 6.54 Å². The van der Waals surface area contributed by atoms with Crippen molar-refractivity contribution in [1.29, 1.82) is 0 Å². The van der Waals surface area contributed by atoms with Crippen molar-refractivity contribution in [2.75, 3.05) is 13.6 Å². The van der Waals surface area contributed by atoms with E-state index in [-0.39, 0.29) is 28.7 Å². The summed E-state index contributed by atoms with van der Waals surface area (Å²) in [4.78, 5) is 14.3. The van der Waals surface area contributed by atoms with Crippen LogP contribution in [0.1, 0.15) is 43.4 Å². The number of amides is 1. The first-order valence-electron chi connectivity index (χ1n) is 10.8. The predicted octanol–water partition coefficient (Wildman–Crippen LogP) is 2.65. The first-order chi connectivity index (χ1) is 15.2. The van der Waals surface area contributed by atoms with Crippen LogP contribution in [0, 0.1) is 12.7 Å². The molecule has 1 saturated heterocycles. The number of carbonyl (C=O) groups excluding carboxylic acids is 1. The number of carbonyl (C=O) groups is 1. The van der Waals surface area contributed by atoms with E-state index >= 15 is 0 Å². The van der Waals surface area contributed by atoms with Crippen LogP contribution in [0.25, 0.3) is 0 Å². The zero-order valence-corrected chi connectivity index (χ0v) is 19.5. The third-order valence-electron chi connectivity index (χ3n) is 5.71. The number of halogens is 1. The van der Waals surface area contributed by atoms with Crippen LogP contribution in [-0.4, -0.2) is 44.9 Å². The normalized spacial score (nSPS) is 19.6. The minimum Gasteiger partial charge on any atom is -0.344 e. The molecule has 174 valence electrons. The average molecular weight is 463 g/mol. The van der Waals surface area contributed by atoms with Crippen molar-refractivity contribution in [3.05, 3.63) is 65.5 Å². The zero-order chi connectivity index (χ0) is 23.3. The summed E-state index contributed by atoms with van der Waals surface area (Å²) in [6.07, 6.45) is 2.50. The van der Waals surface area contributed by atoms with Gasteiger partial charge in [-0.1, -0.05) is 29.8 Å². The molecule has 2 aromatic rings. The van der Waals surface area contributed by atoms with Gasteiger partial charge in [0.1, 0.15) is 5.82 Å². The van der Waals surface area contributed by atoms with Crippen molar-refractivity contribution in [2.24, 2.45) is 0 Å². The van der Waals surface area contributed by atoms with Crippen LogP contribution in [0.2, 0.25) is 0 Å². The van der Waals surface area contributed by atoms with E-state index in [1.165, 1.54) is 24.3 Å². The Hall–Kier alpha value is -2.33. The summed E-state index contributed by atoms with van der Waals surface area (Å²) in [5, 5.41) is 0. The molecule has 1 amide bonds. The lowest BCUT2D eigenvalue weighted by molar-refractivity contribution is -0.131. The van der Waals surface area contributed by atoms with Crippen LogP contribution in [0.4, 0.5) is 4.39 Å². The summed E-state index contributed by atoms with van der Waals surface area (Å²) in [6, 6.07) is 12.5. The van der Waals surface area contributed by atoms with Crippen LogP contribution in [0.15, 0.2) is 53.4 Å². The van der Waals surface area contributed by atoms with Gasteiger partial charge >= 0.3 is 0 Å². The van der Waals surface area contributed by atoms with Gasteiger partial charge in [-0.05, 0) is 62.9 Å². The first kappa shape index (κ1) is 24.3. The number of likely N-dealkylation sites (N-methyl/N-ethyl adjacent to an activating group) is 1. The lowest BCUT2D eigenvalue weighted by Gasteiger charge is -2.22. The lowest BCUT2D eigenvalue weighted by Crippen LogP contribution is -2.45. The summed E-state index contributed by atoms with van der Waals surface area (Å²) in [5.74, 6) is -0.526. The number of nitrogens with zero attached hydrogens (tertiary/aromatic N) is 1. The number of aryl methyl sites for hydroxylation is 1. The summed E-state index contributed by atoms with van der Waals surface area (Å²) in [7, 11) is -2.08. The lowest BCUT2D eigenvalue weighted by atomic mass is 9.99. The monoisotopic (exact) mass is 462 g/mol. The first-order valence-corrected chi connectivity index (χ1v) is 12.2. The molecule has 3 N–H and O–H groups in total. The molecule has 0 aromatic heterocycles. The van der Waals surface area contributed by atoms with E-state index in [1.54, 1.807) is 43.1 Å². The van der Waals surface area contributed by atoms with Gasteiger partial charge in [-0.2, -0.15) is 4.72 Å². The predicted molar refractivity (Wildman–Crippen MR) is 122 cm³/mol. The Kier molecular flexibility index (Phi) is 8.00. The van der Waals surface area contributed by atoms with E-state index < -0.39 is 16.1 Å². The molecule has 1 heterocycles. The fourth-order valence-corrected chi connectivity index (χ4v) is 5.01. The molecule has 32 heavy (non-hydrogen) atoms. The van der Waals surface area contributed by atoms with Crippen molar-refractivity contribution in [3.63, 3.8) is 0 Å². The van der Waals surface area contributed by atoms with Gasteiger partial charge in [0.2, 0.25) is 15.9 Å². The van der Waals surface area contributed by atoms with Gasteiger partial charge in [-0.25, -0.2) is 12.8 Å². The van der Waals surface area contributed by atoms with E-state index in [4.69, 9.17) is 0 Å². The van der Waals surface area contributed by atoms with Gasteiger partial charge in [0, 0.05) is 25.7 Å². The van der Waals surface area contributed by atoms with Crippen molar-refractivity contribution < 1.29 is 17.6 Å². The summed E-state index contributed by atoms with van der Waals surface area (Å²) in [6.45, 7) is 3.96. The molecule has 1 aliphatic rings. The van der Waals surface area contributed by atoms with Crippen molar-refractivity contribution in [1.82, 2.24) is 20.5 Å². The Balaban J connectivity index is 1.43. The van der Waals surface area contributed by atoms with Gasteiger partial charge in [-0.15, -0.1) is 0 Å². The molecular weight excluding hydrogens is 431 g/mol. The van der Waals surface area contributed by atoms with Crippen molar-refractivity contribution in [2.45, 2.75) is 56.1 Å². The molecule has 3 unspecified atom stereocenters. The summed E-state index contributed by atoms with van der Waals surface area (Å²) in [5.41, 5.74) is 8.49. The molecule has 1 aliphatic heterocycles. The number of benzene rings is 2. The van der Waals surface area contributed by atoms with Crippen LogP contribution >= 0.6 is 0 Å². The highest BCUT2D eigenvalue weighted by atomic mass is 32.2.